The number of fused-ring (bicyclic) bond motifs is 2. The Balaban J connectivity index is 1.27. The molecule has 2 aromatic heterocycles. The molecule has 1 N–H and O–H groups in total. The van der Waals surface area contributed by atoms with Gasteiger partial charge in [0, 0.05) is 30.4 Å². The number of para-hydroxylation sites is 2. The van der Waals surface area contributed by atoms with Gasteiger partial charge in [-0.2, -0.15) is 10.2 Å². The van der Waals surface area contributed by atoms with Crippen molar-refractivity contribution in [3.63, 3.8) is 0 Å². The van der Waals surface area contributed by atoms with Gasteiger partial charge in [0.05, 0.1) is 24.3 Å². The van der Waals surface area contributed by atoms with E-state index in [9.17, 15) is 4.79 Å². The van der Waals surface area contributed by atoms with Crippen LogP contribution in [0.1, 0.15) is 16.1 Å². The van der Waals surface area contributed by atoms with E-state index in [4.69, 9.17) is 9.47 Å². The summed E-state index contributed by atoms with van der Waals surface area (Å²) in [5.41, 5.74) is 2.36. The number of nitrogens with zero attached hydrogens (tertiary/aromatic N) is 4. The van der Waals surface area contributed by atoms with Gasteiger partial charge in [0.15, 0.2) is 17.6 Å². The molecule has 4 aromatic rings. The minimum absolute atomic E-state index is 0.129. The Bertz CT molecular complexity index is 1210. The highest BCUT2D eigenvalue weighted by Crippen LogP contribution is 2.31. The second-order valence-electron chi connectivity index (χ2n) is 7.25. The Morgan fingerprint density at radius 1 is 1.20 bits per heavy atom. The van der Waals surface area contributed by atoms with E-state index in [1.165, 1.54) is 0 Å². The molecule has 8 nitrogen and oxygen atoms in total. The zero-order chi connectivity index (χ0) is 20.5. The number of rotatable bonds is 5. The highest BCUT2D eigenvalue weighted by atomic mass is 16.6. The fourth-order valence-corrected chi connectivity index (χ4v) is 3.52. The number of benzene rings is 2. The van der Waals surface area contributed by atoms with E-state index >= 15 is 0 Å². The number of aromatic nitrogens is 4. The Kier molecular flexibility index (Phi) is 4.59. The van der Waals surface area contributed by atoms with Crippen LogP contribution in [0.5, 0.6) is 11.5 Å². The first kappa shape index (κ1) is 18.2. The Labute approximate surface area is 173 Å². The van der Waals surface area contributed by atoms with Crippen LogP contribution < -0.4 is 14.8 Å². The molecule has 1 amide bonds. The molecule has 0 bridgehead atoms. The van der Waals surface area contributed by atoms with Crippen LogP contribution in [0.25, 0.3) is 10.9 Å². The molecule has 8 heteroatoms. The molecular formula is C22H21N5O3. The maximum absolute atomic E-state index is 12.5. The number of hydrogen-bond acceptors (Lipinski definition) is 5. The van der Waals surface area contributed by atoms with Crippen molar-refractivity contribution in [2.45, 2.75) is 19.2 Å². The van der Waals surface area contributed by atoms with E-state index < -0.39 is 0 Å². The van der Waals surface area contributed by atoms with E-state index in [0.717, 1.165) is 28.1 Å². The summed E-state index contributed by atoms with van der Waals surface area (Å²) < 4.78 is 15.4. The summed E-state index contributed by atoms with van der Waals surface area (Å²) >= 11 is 0. The third kappa shape index (κ3) is 3.59. The van der Waals surface area contributed by atoms with Crippen LogP contribution in [0.2, 0.25) is 0 Å². The molecular weight excluding hydrogens is 382 g/mol. The maximum atomic E-state index is 12.5. The zero-order valence-corrected chi connectivity index (χ0v) is 16.5. The molecule has 0 radical (unpaired) electrons. The lowest BCUT2D eigenvalue weighted by atomic mass is 10.1. The highest BCUT2D eigenvalue weighted by Gasteiger charge is 2.21. The lowest BCUT2D eigenvalue weighted by Crippen LogP contribution is -2.33. The number of amides is 1. The van der Waals surface area contributed by atoms with E-state index in [0.29, 0.717) is 25.3 Å². The molecule has 0 saturated carbocycles. The monoisotopic (exact) mass is 403 g/mol. The fourth-order valence-electron chi connectivity index (χ4n) is 3.52. The summed E-state index contributed by atoms with van der Waals surface area (Å²) in [4.78, 5) is 12.5. The lowest BCUT2D eigenvalue weighted by molar-refractivity contribution is 0.0760. The third-order valence-electron chi connectivity index (χ3n) is 5.12. The Morgan fingerprint density at radius 2 is 2.07 bits per heavy atom. The van der Waals surface area contributed by atoms with Crippen molar-refractivity contribution < 1.29 is 14.3 Å². The van der Waals surface area contributed by atoms with Crippen LogP contribution in [0, 0.1) is 0 Å². The molecule has 1 aliphatic rings. The highest BCUT2D eigenvalue weighted by molar-refractivity contribution is 5.97. The quantitative estimate of drug-likeness (QED) is 0.554. The van der Waals surface area contributed by atoms with Gasteiger partial charge in [-0.15, -0.1) is 0 Å². The second-order valence-corrected chi connectivity index (χ2v) is 7.25. The van der Waals surface area contributed by atoms with Crippen LogP contribution in [0.15, 0.2) is 60.9 Å². The van der Waals surface area contributed by atoms with Gasteiger partial charge in [-0.25, -0.2) is 0 Å². The van der Waals surface area contributed by atoms with Gasteiger partial charge in [-0.1, -0.05) is 12.1 Å². The maximum Gasteiger partial charge on any atom is 0.251 e. The molecule has 0 saturated heterocycles. The van der Waals surface area contributed by atoms with Crippen LogP contribution in [-0.2, 0) is 20.1 Å². The number of carbonyl (C=O) groups is 1. The SMILES string of the molecule is Cn1nccc1CNC(=O)c1ccc2nn(CC3COc4ccccc4O3)cc2c1. The first-order chi connectivity index (χ1) is 14.7. The molecule has 1 atom stereocenters. The topological polar surface area (TPSA) is 83.2 Å². The molecule has 2 aromatic carbocycles. The summed E-state index contributed by atoms with van der Waals surface area (Å²) in [6, 6.07) is 15.0. The first-order valence-corrected chi connectivity index (χ1v) is 9.76. The molecule has 30 heavy (non-hydrogen) atoms. The van der Waals surface area contributed by atoms with Gasteiger partial charge in [0.2, 0.25) is 0 Å². The van der Waals surface area contributed by atoms with Crippen molar-refractivity contribution >= 4 is 16.8 Å². The predicted octanol–water partition coefficient (Wildman–Crippen LogP) is 2.54. The lowest BCUT2D eigenvalue weighted by Gasteiger charge is -2.26. The third-order valence-corrected chi connectivity index (χ3v) is 5.12. The van der Waals surface area contributed by atoms with E-state index in [1.807, 2.05) is 60.4 Å². The predicted molar refractivity (Wildman–Crippen MR) is 110 cm³/mol. The van der Waals surface area contributed by atoms with Gasteiger partial charge in [0.1, 0.15) is 6.61 Å². The van der Waals surface area contributed by atoms with Gasteiger partial charge in [-0.05, 0) is 36.4 Å². The van der Waals surface area contributed by atoms with E-state index in [1.54, 1.807) is 16.9 Å². The number of aryl methyl sites for hydroxylation is 1. The molecule has 5 rings (SSSR count). The largest absolute Gasteiger partial charge is 0.486 e. The molecule has 0 spiro atoms. The Morgan fingerprint density at radius 3 is 2.90 bits per heavy atom. The minimum atomic E-state index is -0.133. The van der Waals surface area contributed by atoms with Crippen molar-refractivity contribution in [1.82, 2.24) is 24.9 Å². The summed E-state index contributed by atoms with van der Waals surface area (Å²) in [5.74, 6) is 1.38. The molecule has 0 fully saturated rings. The van der Waals surface area contributed by atoms with Gasteiger partial charge < -0.3 is 14.8 Å². The van der Waals surface area contributed by atoms with Crippen molar-refractivity contribution in [1.29, 1.82) is 0 Å². The number of hydrogen-bond donors (Lipinski definition) is 1. The molecule has 152 valence electrons. The van der Waals surface area contributed by atoms with E-state index in [-0.39, 0.29) is 12.0 Å². The molecule has 1 unspecified atom stereocenters. The van der Waals surface area contributed by atoms with Crippen LogP contribution in [0.3, 0.4) is 0 Å². The van der Waals surface area contributed by atoms with Gasteiger partial charge in [0.25, 0.3) is 5.91 Å². The van der Waals surface area contributed by atoms with Crippen molar-refractivity contribution in [3.8, 4) is 11.5 Å². The summed E-state index contributed by atoms with van der Waals surface area (Å²) in [6.45, 7) is 1.45. The van der Waals surface area contributed by atoms with Gasteiger partial charge in [-0.3, -0.25) is 14.2 Å². The normalized spacial score (nSPS) is 15.3. The number of nitrogens with one attached hydrogen (secondary N) is 1. The van der Waals surface area contributed by atoms with Crippen molar-refractivity contribution in [2.24, 2.45) is 7.05 Å². The minimum Gasteiger partial charge on any atom is -0.486 e. The summed E-state index contributed by atoms with van der Waals surface area (Å²) in [6.07, 6.45) is 3.51. The summed E-state index contributed by atoms with van der Waals surface area (Å²) in [5, 5.41) is 12.5. The molecule has 3 heterocycles. The smallest absolute Gasteiger partial charge is 0.251 e. The standard InChI is InChI=1S/C22H21N5O3/c1-26-17(8-9-24-26)11-23-22(28)15-6-7-19-16(10-15)12-27(25-19)13-18-14-29-20-4-2-3-5-21(20)30-18/h2-10,12,18H,11,13-14H2,1H3,(H,23,28). The van der Waals surface area contributed by atoms with E-state index in [2.05, 4.69) is 15.5 Å². The van der Waals surface area contributed by atoms with Crippen LogP contribution in [-0.4, -0.2) is 38.2 Å². The van der Waals surface area contributed by atoms with Crippen molar-refractivity contribution in [3.05, 3.63) is 72.2 Å². The van der Waals surface area contributed by atoms with Crippen LogP contribution in [0.4, 0.5) is 0 Å². The molecule has 1 aliphatic heterocycles. The zero-order valence-electron chi connectivity index (χ0n) is 16.5. The number of carbonyl (C=O) groups excluding carboxylic acids is 1. The average molecular weight is 403 g/mol. The average Bonchev–Trinajstić information content (AvgIpc) is 3.36. The summed E-state index contributed by atoms with van der Waals surface area (Å²) in [7, 11) is 1.85. The number of ether oxygens (including phenoxy) is 2. The van der Waals surface area contributed by atoms with Gasteiger partial charge >= 0.3 is 0 Å². The Hall–Kier alpha value is -3.81. The fraction of sp³-hybridized carbons (Fsp3) is 0.227. The first-order valence-electron chi connectivity index (χ1n) is 9.76. The van der Waals surface area contributed by atoms with Crippen molar-refractivity contribution in [2.75, 3.05) is 6.61 Å². The second kappa shape index (κ2) is 7.55. The molecule has 0 aliphatic carbocycles. The van der Waals surface area contributed by atoms with Crippen LogP contribution >= 0.6 is 0 Å².